The molecular weight excluding hydrogens is 483 g/mol. The monoisotopic (exact) mass is 506 g/mol. The van der Waals surface area contributed by atoms with Crippen molar-refractivity contribution in [2.75, 3.05) is 31.3 Å². The summed E-state index contributed by atoms with van der Waals surface area (Å²) in [4.78, 5) is 26.1. The van der Waals surface area contributed by atoms with Gasteiger partial charge < -0.3 is 20.4 Å². The molecule has 0 aliphatic rings. The fourth-order valence-corrected chi connectivity index (χ4v) is 3.33. The molecule has 2 N–H and O–H groups in total. The van der Waals surface area contributed by atoms with Gasteiger partial charge in [-0.25, -0.2) is 4.39 Å². The van der Waals surface area contributed by atoms with Crippen LogP contribution in [0.25, 0.3) is 0 Å². The SMILES string of the molecule is C#Cc1ccc(NC(=O)c2cc(Cl)cc(OC)c2NC(=O)c2ccc(C=NN(C)CC)cc2F)cc1. The highest BCUT2D eigenvalue weighted by Gasteiger charge is 2.22. The zero-order valence-corrected chi connectivity index (χ0v) is 20.7. The molecule has 0 bridgehead atoms. The van der Waals surface area contributed by atoms with Crippen molar-refractivity contribution in [3.05, 3.63) is 87.7 Å². The van der Waals surface area contributed by atoms with Crippen LogP contribution < -0.4 is 15.4 Å². The Kier molecular flexibility index (Phi) is 8.66. The molecule has 7 nitrogen and oxygen atoms in total. The third-order valence-electron chi connectivity index (χ3n) is 5.18. The molecule has 0 aliphatic heterocycles. The number of benzene rings is 3. The number of nitrogens with zero attached hydrogens (tertiary/aromatic N) is 2. The van der Waals surface area contributed by atoms with E-state index in [4.69, 9.17) is 22.8 Å². The molecule has 0 saturated carbocycles. The summed E-state index contributed by atoms with van der Waals surface area (Å²) in [6.45, 7) is 2.62. The number of rotatable bonds is 8. The van der Waals surface area contributed by atoms with Gasteiger partial charge in [-0.3, -0.25) is 9.59 Å². The van der Waals surface area contributed by atoms with Crippen molar-refractivity contribution in [1.82, 2.24) is 5.01 Å². The van der Waals surface area contributed by atoms with Crippen molar-refractivity contribution < 1.29 is 18.7 Å². The van der Waals surface area contributed by atoms with E-state index < -0.39 is 17.6 Å². The lowest BCUT2D eigenvalue weighted by Gasteiger charge is -2.16. The predicted molar refractivity (Wildman–Crippen MR) is 141 cm³/mol. The molecule has 0 spiro atoms. The molecule has 0 atom stereocenters. The number of nitrogens with one attached hydrogen (secondary N) is 2. The Bertz CT molecular complexity index is 1350. The summed E-state index contributed by atoms with van der Waals surface area (Å²) in [7, 11) is 3.15. The molecule has 3 aromatic carbocycles. The first kappa shape index (κ1) is 26.3. The van der Waals surface area contributed by atoms with Crippen molar-refractivity contribution in [3.63, 3.8) is 0 Å². The molecule has 0 heterocycles. The molecule has 9 heteroatoms. The number of anilines is 2. The number of methoxy groups -OCH3 is 1. The summed E-state index contributed by atoms with van der Waals surface area (Å²) < 4.78 is 20.1. The first-order valence-corrected chi connectivity index (χ1v) is 11.2. The lowest BCUT2D eigenvalue weighted by Crippen LogP contribution is -2.20. The van der Waals surface area contributed by atoms with Crippen molar-refractivity contribution in [3.8, 4) is 18.1 Å². The van der Waals surface area contributed by atoms with E-state index in [-0.39, 0.29) is 27.6 Å². The Hall–Kier alpha value is -4.35. The molecule has 0 aliphatic carbocycles. The van der Waals surface area contributed by atoms with Crippen molar-refractivity contribution >= 4 is 41.0 Å². The van der Waals surface area contributed by atoms with Crippen LogP contribution in [-0.2, 0) is 0 Å². The maximum absolute atomic E-state index is 14.8. The Balaban J connectivity index is 1.90. The second kappa shape index (κ2) is 11.9. The highest BCUT2D eigenvalue weighted by atomic mass is 35.5. The van der Waals surface area contributed by atoms with Gasteiger partial charge >= 0.3 is 0 Å². The molecule has 0 aromatic heterocycles. The predicted octanol–water partition coefficient (Wildman–Crippen LogP) is 5.26. The van der Waals surface area contributed by atoms with Crippen LogP contribution in [0.3, 0.4) is 0 Å². The van der Waals surface area contributed by atoms with Gasteiger partial charge in [-0.05, 0) is 55.0 Å². The summed E-state index contributed by atoms with van der Waals surface area (Å²) >= 11 is 6.18. The quantitative estimate of drug-likeness (QED) is 0.248. The molecule has 3 aromatic rings. The number of ether oxygens (including phenoxy) is 1. The van der Waals surface area contributed by atoms with E-state index in [1.807, 2.05) is 6.92 Å². The average molecular weight is 507 g/mol. The van der Waals surface area contributed by atoms with Gasteiger partial charge in [0.1, 0.15) is 11.6 Å². The van der Waals surface area contributed by atoms with E-state index in [0.29, 0.717) is 23.4 Å². The van der Waals surface area contributed by atoms with Crippen LogP contribution in [0.1, 0.15) is 38.8 Å². The number of carbonyl (C=O) groups is 2. The van der Waals surface area contributed by atoms with Gasteiger partial charge in [-0.1, -0.05) is 23.6 Å². The molecular formula is C27H24ClFN4O3. The molecule has 3 rings (SSSR count). The summed E-state index contributed by atoms with van der Waals surface area (Å²) in [5, 5.41) is 11.4. The fourth-order valence-electron chi connectivity index (χ4n) is 3.12. The minimum absolute atomic E-state index is 0.0282. The summed E-state index contributed by atoms with van der Waals surface area (Å²) in [5.74, 6) is 0.552. The van der Waals surface area contributed by atoms with Crippen LogP contribution >= 0.6 is 11.6 Å². The number of hydrogen-bond donors (Lipinski definition) is 2. The molecule has 0 radical (unpaired) electrons. The van der Waals surface area contributed by atoms with Gasteiger partial charge in [0.25, 0.3) is 11.8 Å². The zero-order chi connectivity index (χ0) is 26.2. The van der Waals surface area contributed by atoms with E-state index >= 15 is 0 Å². The molecule has 0 unspecified atom stereocenters. The minimum atomic E-state index is -0.769. The molecule has 36 heavy (non-hydrogen) atoms. The van der Waals surface area contributed by atoms with Crippen LogP contribution in [-0.4, -0.2) is 43.7 Å². The van der Waals surface area contributed by atoms with Crippen LogP contribution in [0.2, 0.25) is 5.02 Å². The fraction of sp³-hybridized carbons (Fsp3) is 0.148. The number of hydrazone groups is 1. The number of terminal acetylenes is 1. The zero-order valence-electron chi connectivity index (χ0n) is 19.9. The Morgan fingerprint density at radius 2 is 1.81 bits per heavy atom. The smallest absolute Gasteiger partial charge is 0.258 e. The standard InChI is InChI=1S/C27H24ClFN4O3/c1-5-17-7-10-20(11-8-17)31-27(35)22-14-19(28)15-24(36-4)25(22)32-26(34)21-12-9-18(13-23(21)29)16-30-33(3)6-2/h1,7-16H,6H2,2-4H3,(H,31,35)(H,32,34). The van der Waals surface area contributed by atoms with Crippen molar-refractivity contribution in [2.24, 2.45) is 5.10 Å². The second-order valence-corrected chi connectivity index (χ2v) is 8.05. The molecule has 184 valence electrons. The third-order valence-corrected chi connectivity index (χ3v) is 5.40. The maximum atomic E-state index is 14.8. The van der Waals surface area contributed by atoms with Crippen LogP contribution in [0.4, 0.5) is 15.8 Å². The number of carbonyl (C=O) groups excluding carboxylic acids is 2. The first-order valence-electron chi connectivity index (χ1n) is 10.9. The van der Waals surface area contributed by atoms with E-state index in [1.165, 1.54) is 37.6 Å². The van der Waals surface area contributed by atoms with E-state index in [1.54, 1.807) is 42.4 Å². The van der Waals surface area contributed by atoms with Crippen molar-refractivity contribution in [1.29, 1.82) is 0 Å². The number of amides is 2. The van der Waals surface area contributed by atoms with Crippen LogP contribution in [0.15, 0.2) is 59.7 Å². The summed E-state index contributed by atoms with van der Waals surface area (Å²) in [6, 6.07) is 13.6. The third kappa shape index (κ3) is 6.40. The van der Waals surface area contributed by atoms with Gasteiger partial charge in [0, 0.05) is 35.9 Å². The molecule has 0 fully saturated rings. The van der Waals surface area contributed by atoms with Crippen LogP contribution in [0, 0.1) is 18.2 Å². The highest BCUT2D eigenvalue weighted by molar-refractivity contribution is 6.31. The van der Waals surface area contributed by atoms with Crippen molar-refractivity contribution in [2.45, 2.75) is 6.92 Å². The Morgan fingerprint density at radius 1 is 1.11 bits per heavy atom. The Labute approximate surface area is 213 Å². The van der Waals surface area contributed by atoms with E-state index in [2.05, 4.69) is 21.7 Å². The normalized spacial score (nSPS) is 10.6. The lowest BCUT2D eigenvalue weighted by atomic mass is 10.1. The van der Waals surface area contributed by atoms with Gasteiger partial charge in [0.05, 0.1) is 30.1 Å². The van der Waals surface area contributed by atoms with E-state index in [9.17, 15) is 14.0 Å². The minimum Gasteiger partial charge on any atom is -0.494 e. The average Bonchev–Trinajstić information content (AvgIpc) is 2.88. The van der Waals surface area contributed by atoms with Gasteiger partial charge in [0.15, 0.2) is 0 Å². The Morgan fingerprint density at radius 3 is 2.42 bits per heavy atom. The largest absolute Gasteiger partial charge is 0.494 e. The van der Waals surface area contributed by atoms with Gasteiger partial charge in [0.2, 0.25) is 0 Å². The number of halogens is 2. The molecule has 0 saturated heterocycles. The van der Waals surface area contributed by atoms with Crippen LogP contribution in [0.5, 0.6) is 5.75 Å². The van der Waals surface area contributed by atoms with Gasteiger partial charge in [-0.2, -0.15) is 5.10 Å². The van der Waals surface area contributed by atoms with Gasteiger partial charge in [-0.15, -0.1) is 6.42 Å². The maximum Gasteiger partial charge on any atom is 0.258 e. The lowest BCUT2D eigenvalue weighted by molar-refractivity contribution is 0.102. The highest BCUT2D eigenvalue weighted by Crippen LogP contribution is 2.33. The summed E-state index contributed by atoms with van der Waals surface area (Å²) in [6.07, 6.45) is 6.86. The topological polar surface area (TPSA) is 83.0 Å². The molecule has 2 amide bonds. The van der Waals surface area contributed by atoms with E-state index in [0.717, 1.165) is 0 Å². The number of hydrogen-bond acceptors (Lipinski definition) is 5. The first-order chi connectivity index (χ1) is 17.2. The second-order valence-electron chi connectivity index (χ2n) is 7.62. The summed E-state index contributed by atoms with van der Waals surface area (Å²) in [5.41, 5.74) is 1.47.